The molecule has 0 bridgehead atoms. The van der Waals surface area contributed by atoms with Gasteiger partial charge in [0.25, 0.3) is 0 Å². The van der Waals surface area contributed by atoms with Crippen molar-refractivity contribution in [3.63, 3.8) is 0 Å². The maximum Gasteiger partial charge on any atom is 0.228 e. The van der Waals surface area contributed by atoms with Crippen LogP contribution in [0, 0.1) is 0 Å². The molecule has 0 fully saturated rings. The van der Waals surface area contributed by atoms with E-state index in [0.29, 0.717) is 6.42 Å². The molecular weight excluding hydrogens is 473 g/mol. The zero-order valence-electron chi connectivity index (χ0n) is 18.4. The molecule has 0 aromatic heterocycles. The van der Waals surface area contributed by atoms with Crippen molar-refractivity contribution in [2.75, 3.05) is 5.32 Å². The summed E-state index contributed by atoms with van der Waals surface area (Å²) in [7, 11) is 0. The Kier molecular flexibility index (Phi) is 15.3. The fraction of sp³-hybridized carbons (Fsp3) is 0.652. The van der Waals surface area contributed by atoms with Gasteiger partial charge in [0.15, 0.2) is 5.11 Å². The van der Waals surface area contributed by atoms with Crippen LogP contribution in [0.5, 0.6) is 0 Å². The maximum atomic E-state index is 12.3. The Morgan fingerprint density at radius 2 is 1.39 bits per heavy atom. The normalized spacial score (nSPS) is 12.3. The van der Waals surface area contributed by atoms with Crippen molar-refractivity contribution in [2.45, 2.75) is 93.9 Å². The van der Waals surface area contributed by atoms with E-state index >= 15 is 0 Å². The average molecular weight is 509 g/mol. The minimum absolute atomic E-state index is 0.165. The van der Waals surface area contributed by atoms with Gasteiger partial charge in [0, 0.05) is 12.1 Å². The van der Waals surface area contributed by atoms with Crippen LogP contribution < -0.4 is 16.0 Å². The number of para-hydroxylation sites is 1. The van der Waals surface area contributed by atoms with Gasteiger partial charge in [0.05, 0.1) is 0 Å². The number of unbranched alkanes of at least 4 members (excludes halogenated alkanes) is 10. The molecule has 1 atom stereocenters. The molecule has 0 heterocycles. The molecule has 1 rings (SSSR count). The van der Waals surface area contributed by atoms with Gasteiger partial charge in [-0.15, -0.1) is 0 Å². The van der Waals surface area contributed by atoms with Crippen molar-refractivity contribution in [1.29, 1.82) is 0 Å². The van der Waals surface area contributed by atoms with E-state index in [1.54, 1.807) is 0 Å². The summed E-state index contributed by atoms with van der Waals surface area (Å²) in [5.41, 5.74) is 0.801. The van der Waals surface area contributed by atoms with Crippen LogP contribution in [-0.4, -0.2) is 21.0 Å². The zero-order valence-corrected chi connectivity index (χ0v) is 21.5. The first-order valence-electron chi connectivity index (χ1n) is 11.3. The molecular formula is C23H36Cl3N3OS. The van der Waals surface area contributed by atoms with E-state index in [1.165, 1.54) is 51.4 Å². The van der Waals surface area contributed by atoms with Gasteiger partial charge in [0.1, 0.15) is 6.17 Å². The summed E-state index contributed by atoms with van der Waals surface area (Å²) in [4.78, 5) is 12.3. The fourth-order valence-electron chi connectivity index (χ4n) is 3.20. The van der Waals surface area contributed by atoms with Crippen molar-refractivity contribution in [2.24, 2.45) is 0 Å². The van der Waals surface area contributed by atoms with Gasteiger partial charge in [-0.05, 0) is 30.8 Å². The molecule has 1 amide bonds. The van der Waals surface area contributed by atoms with Crippen molar-refractivity contribution in [3.8, 4) is 0 Å². The van der Waals surface area contributed by atoms with Crippen LogP contribution in [0.3, 0.4) is 0 Å². The van der Waals surface area contributed by atoms with E-state index in [0.717, 1.165) is 24.9 Å². The lowest BCUT2D eigenvalue weighted by molar-refractivity contribution is -0.122. The molecule has 31 heavy (non-hydrogen) atoms. The topological polar surface area (TPSA) is 53.2 Å². The molecule has 0 saturated heterocycles. The Hall–Kier alpha value is -0.750. The smallest absolute Gasteiger partial charge is 0.228 e. The summed E-state index contributed by atoms with van der Waals surface area (Å²) in [5.74, 6) is -0.165. The zero-order chi connectivity index (χ0) is 23.0. The Balaban J connectivity index is 2.21. The number of benzene rings is 1. The minimum Gasteiger partial charge on any atom is -0.339 e. The highest BCUT2D eigenvalue weighted by atomic mass is 35.6. The number of anilines is 1. The van der Waals surface area contributed by atoms with Crippen LogP contribution >= 0.6 is 47.0 Å². The van der Waals surface area contributed by atoms with Gasteiger partial charge in [-0.1, -0.05) is 124 Å². The molecule has 0 aliphatic carbocycles. The first-order chi connectivity index (χ1) is 14.8. The Morgan fingerprint density at radius 3 is 1.90 bits per heavy atom. The number of amides is 1. The first kappa shape index (κ1) is 28.3. The number of carbonyl (C=O) groups is 1. The SMILES string of the molecule is CCCCCCCCCCCCCC(=O)NC(NC(=S)Nc1ccccc1)C(Cl)(Cl)Cl. The molecule has 176 valence electrons. The molecule has 3 N–H and O–H groups in total. The largest absolute Gasteiger partial charge is 0.339 e. The van der Waals surface area contributed by atoms with Gasteiger partial charge in [0.2, 0.25) is 9.70 Å². The Labute approximate surface area is 208 Å². The fourth-order valence-corrected chi connectivity index (χ4v) is 3.77. The number of nitrogens with one attached hydrogen (secondary N) is 3. The monoisotopic (exact) mass is 507 g/mol. The van der Waals surface area contributed by atoms with E-state index in [1.807, 2.05) is 30.3 Å². The number of rotatable bonds is 15. The van der Waals surface area contributed by atoms with Gasteiger partial charge in [-0.2, -0.15) is 0 Å². The van der Waals surface area contributed by atoms with Crippen LogP contribution in [0.4, 0.5) is 5.69 Å². The minimum atomic E-state index is -1.74. The first-order valence-corrected chi connectivity index (χ1v) is 12.9. The van der Waals surface area contributed by atoms with Crippen molar-refractivity contribution in [3.05, 3.63) is 30.3 Å². The molecule has 0 aliphatic rings. The van der Waals surface area contributed by atoms with E-state index in [4.69, 9.17) is 47.0 Å². The number of alkyl halides is 3. The number of thiocarbonyl (C=S) groups is 1. The maximum absolute atomic E-state index is 12.3. The predicted molar refractivity (Wildman–Crippen MR) is 139 cm³/mol. The number of hydrogen-bond donors (Lipinski definition) is 3. The molecule has 1 aromatic rings. The number of halogens is 3. The van der Waals surface area contributed by atoms with Gasteiger partial charge < -0.3 is 16.0 Å². The van der Waals surface area contributed by atoms with E-state index in [-0.39, 0.29) is 11.0 Å². The molecule has 4 nitrogen and oxygen atoms in total. The van der Waals surface area contributed by atoms with Crippen LogP contribution in [-0.2, 0) is 4.79 Å². The standard InChI is InChI=1S/C23H36Cl3N3OS/c1-2-3-4-5-6-7-8-9-10-11-15-18-20(30)28-21(23(24,25)26)29-22(31)27-19-16-13-12-14-17-19/h12-14,16-17,21H,2-11,15,18H2,1H3,(H,28,30)(H2,27,29,31). The second-order valence-electron chi connectivity index (χ2n) is 7.79. The molecule has 1 unspecified atom stereocenters. The lowest BCUT2D eigenvalue weighted by Crippen LogP contribution is -2.56. The highest BCUT2D eigenvalue weighted by molar-refractivity contribution is 7.80. The number of hydrogen-bond acceptors (Lipinski definition) is 2. The lowest BCUT2D eigenvalue weighted by atomic mass is 10.1. The molecule has 8 heteroatoms. The van der Waals surface area contributed by atoms with Crippen LogP contribution in [0.1, 0.15) is 84.0 Å². The third kappa shape index (κ3) is 14.8. The second-order valence-corrected chi connectivity index (χ2v) is 10.6. The molecule has 0 aliphatic heterocycles. The summed E-state index contributed by atoms with van der Waals surface area (Å²) < 4.78 is -1.74. The van der Waals surface area contributed by atoms with E-state index in [9.17, 15) is 4.79 Å². The van der Waals surface area contributed by atoms with E-state index in [2.05, 4.69) is 22.9 Å². The summed E-state index contributed by atoms with van der Waals surface area (Å²) >= 11 is 23.4. The number of carbonyl (C=O) groups excluding carboxylic acids is 1. The summed E-state index contributed by atoms with van der Waals surface area (Å²) in [6.07, 6.45) is 13.0. The van der Waals surface area contributed by atoms with Crippen molar-refractivity contribution in [1.82, 2.24) is 10.6 Å². The van der Waals surface area contributed by atoms with Crippen molar-refractivity contribution >= 4 is 63.7 Å². The molecule has 0 spiro atoms. The second kappa shape index (κ2) is 16.8. The van der Waals surface area contributed by atoms with Gasteiger partial charge in [-0.25, -0.2) is 0 Å². The molecule has 1 aromatic carbocycles. The molecule has 0 radical (unpaired) electrons. The lowest BCUT2D eigenvalue weighted by Gasteiger charge is -2.27. The van der Waals surface area contributed by atoms with E-state index < -0.39 is 9.96 Å². The highest BCUT2D eigenvalue weighted by Crippen LogP contribution is 2.29. The third-order valence-corrected chi connectivity index (χ3v) is 5.82. The van der Waals surface area contributed by atoms with Crippen LogP contribution in [0.25, 0.3) is 0 Å². The molecule has 0 saturated carbocycles. The van der Waals surface area contributed by atoms with Crippen molar-refractivity contribution < 1.29 is 4.79 Å². The summed E-state index contributed by atoms with van der Waals surface area (Å²) in [6, 6.07) is 9.40. The van der Waals surface area contributed by atoms with Crippen LogP contribution in [0.2, 0.25) is 0 Å². The van der Waals surface area contributed by atoms with Gasteiger partial charge in [-0.3, -0.25) is 4.79 Å². The van der Waals surface area contributed by atoms with Crippen LogP contribution in [0.15, 0.2) is 30.3 Å². The third-order valence-electron chi connectivity index (χ3n) is 4.95. The Bertz CT molecular complexity index is 626. The highest BCUT2D eigenvalue weighted by Gasteiger charge is 2.34. The summed E-state index contributed by atoms with van der Waals surface area (Å²) in [6.45, 7) is 2.24. The average Bonchev–Trinajstić information content (AvgIpc) is 2.71. The quantitative estimate of drug-likeness (QED) is 0.0994. The Morgan fingerprint density at radius 1 is 0.871 bits per heavy atom. The predicted octanol–water partition coefficient (Wildman–Crippen LogP) is 7.49. The summed E-state index contributed by atoms with van der Waals surface area (Å²) in [5, 5.41) is 8.87. The van der Waals surface area contributed by atoms with Gasteiger partial charge >= 0.3 is 0 Å².